The molecule has 0 saturated carbocycles. The van der Waals surface area contributed by atoms with Crippen LogP contribution in [0.3, 0.4) is 0 Å². The van der Waals surface area contributed by atoms with E-state index in [9.17, 15) is 9.18 Å². The summed E-state index contributed by atoms with van der Waals surface area (Å²) < 4.78 is 19.6. The maximum Gasteiger partial charge on any atom is 0.273 e. The van der Waals surface area contributed by atoms with Crippen molar-refractivity contribution in [1.82, 2.24) is 9.78 Å². The molecule has 1 aromatic heterocycles. The zero-order chi connectivity index (χ0) is 17.8. The van der Waals surface area contributed by atoms with Gasteiger partial charge in [-0.15, -0.1) is 0 Å². The number of aromatic nitrogens is 2. The van der Waals surface area contributed by atoms with Gasteiger partial charge in [0.1, 0.15) is 17.3 Å². The third-order valence-corrected chi connectivity index (χ3v) is 3.81. The number of rotatable bonds is 5. The summed E-state index contributed by atoms with van der Waals surface area (Å²) in [7, 11) is 3.34. The van der Waals surface area contributed by atoms with Crippen molar-refractivity contribution in [3.05, 3.63) is 77.4 Å². The molecule has 0 bridgehead atoms. The first-order chi connectivity index (χ1) is 12.0. The molecular weight excluding hydrogens is 321 g/mol. The average Bonchev–Trinajstić information content (AvgIpc) is 2.98. The number of anilines is 1. The lowest BCUT2D eigenvalue weighted by Crippen LogP contribution is -2.15. The molecule has 0 aliphatic carbocycles. The number of nitrogens with one attached hydrogen (secondary N) is 1. The summed E-state index contributed by atoms with van der Waals surface area (Å²) in [6.45, 7) is 0. The van der Waals surface area contributed by atoms with E-state index in [1.165, 1.54) is 28.9 Å². The molecule has 1 heterocycles. The number of aryl methyl sites for hydroxylation is 1. The van der Waals surface area contributed by atoms with Crippen LogP contribution in [-0.2, 0) is 13.5 Å². The zero-order valence-corrected chi connectivity index (χ0v) is 14.0. The van der Waals surface area contributed by atoms with E-state index in [0.29, 0.717) is 17.8 Å². The van der Waals surface area contributed by atoms with Crippen molar-refractivity contribution in [2.75, 3.05) is 12.4 Å². The van der Waals surface area contributed by atoms with Gasteiger partial charge < -0.3 is 10.1 Å². The minimum atomic E-state index is -0.347. The molecule has 6 heteroatoms. The fourth-order valence-corrected chi connectivity index (χ4v) is 2.51. The van der Waals surface area contributed by atoms with E-state index in [-0.39, 0.29) is 11.7 Å². The Labute approximate surface area is 145 Å². The molecule has 3 aromatic rings. The summed E-state index contributed by atoms with van der Waals surface area (Å²) in [4.78, 5) is 12.4. The molecule has 128 valence electrons. The van der Waals surface area contributed by atoms with E-state index in [0.717, 1.165) is 17.0 Å². The van der Waals surface area contributed by atoms with Crippen molar-refractivity contribution in [3.63, 3.8) is 0 Å². The molecule has 1 amide bonds. The summed E-state index contributed by atoms with van der Waals surface area (Å²) >= 11 is 0. The van der Waals surface area contributed by atoms with E-state index >= 15 is 0 Å². The standard InChI is InChI=1S/C19H18FN3O2/c1-23-18(19(24)21-15-7-5-14(20)6-8-15)12-16(22-23)11-13-3-9-17(25-2)10-4-13/h3-10,12H,11H2,1-2H3,(H,21,24). The van der Waals surface area contributed by atoms with E-state index < -0.39 is 0 Å². The Kier molecular flexibility index (Phi) is 4.79. The van der Waals surface area contributed by atoms with Gasteiger partial charge >= 0.3 is 0 Å². The Morgan fingerprint density at radius 1 is 1.16 bits per heavy atom. The van der Waals surface area contributed by atoms with Crippen molar-refractivity contribution in [2.24, 2.45) is 7.05 Å². The number of ether oxygens (including phenoxy) is 1. The lowest BCUT2D eigenvalue weighted by atomic mass is 10.1. The predicted octanol–water partition coefficient (Wildman–Crippen LogP) is 3.41. The second-order valence-electron chi connectivity index (χ2n) is 5.63. The summed E-state index contributed by atoms with van der Waals surface area (Å²) in [5.74, 6) is 0.159. The molecule has 25 heavy (non-hydrogen) atoms. The van der Waals surface area contributed by atoms with Gasteiger partial charge in [-0.3, -0.25) is 9.48 Å². The van der Waals surface area contributed by atoms with Crippen LogP contribution < -0.4 is 10.1 Å². The Morgan fingerprint density at radius 3 is 2.48 bits per heavy atom. The van der Waals surface area contributed by atoms with Crippen LogP contribution in [0.4, 0.5) is 10.1 Å². The van der Waals surface area contributed by atoms with Crippen molar-refractivity contribution < 1.29 is 13.9 Å². The number of halogens is 1. The normalized spacial score (nSPS) is 10.5. The Bertz CT molecular complexity index is 871. The summed E-state index contributed by atoms with van der Waals surface area (Å²) in [5.41, 5.74) is 2.83. The van der Waals surface area contributed by atoms with Gasteiger partial charge in [-0.2, -0.15) is 5.10 Å². The highest BCUT2D eigenvalue weighted by Crippen LogP contribution is 2.16. The van der Waals surface area contributed by atoms with Gasteiger partial charge in [0, 0.05) is 19.2 Å². The van der Waals surface area contributed by atoms with Gasteiger partial charge in [-0.25, -0.2) is 4.39 Å². The molecule has 0 atom stereocenters. The predicted molar refractivity (Wildman–Crippen MR) is 93.4 cm³/mol. The van der Waals surface area contributed by atoms with E-state index in [1.807, 2.05) is 24.3 Å². The molecule has 5 nitrogen and oxygen atoms in total. The molecule has 0 aliphatic heterocycles. The zero-order valence-electron chi connectivity index (χ0n) is 14.0. The van der Waals surface area contributed by atoms with Crippen molar-refractivity contribution in [2.45, 2.75) is 6.42 Å². The highest BCUT2D eigenvalue weighted by Gasteiger charge is 2.14. The lowest BCUT2D eigenvalue weighted by molar-refractivity contribution is 0.101. The Balaban J connectivity index is 1.72. The largest absolute Gasteiger partial charge is 0.497 e. The van der Waals surface area contributed by atoms with Crippen molar-refractivity contribution >= 4 is 11.6 Å². The fourth-order valence-electron chi connectivity index (χ4n) is 2.51. The van der Waals surface area contributed by atoms with Gasteiger partial charge in [-0.05, 0) is 48.0 Å². The highest BCUT2D eigenvalue weighted by atomic mass is 19.1. The van der Waals surface area contributed by atoms with Crippen LogP contribution in [0.1, 0.15) is 21.7 Å². The molecule has 0 unspecified atom stereocenters. The van der Waals surface area contributed by atoms with Crippen LogP contribution >= 0.6 is 0 Å². The minimum Gasteiger partial charge on any atom is -0.497 e. The molecular formula is C19H18FN3O2. The van der Waals surface area contributed by atoms with E-state index in [4.69, 9.17) is 4.74 Å². The second kappa shape index (κ2) is 7.17. The third kappa shape index (κ3) is 4.03. The summed E-state index contributed by atoms with van der Waals surface area (Å²) in [6, 6.07) is 15.1. The van der Waals surface area contributed by atoms with Gasteiger partial charge in [0.25, 0.3) is 5.91 Å². The molecule has 0 spiro atoms. The lowest BCUT2D eigenvalue weighted by Gasteiger charge is -2.04. The van der Waals surface area contributed by atoms with Gasteiger partial charge in [0.05, 0.1) is 12.8 Å². The molecule has 0 fully saturated rings. The maximum absolute atomic E-state index is 12.9. The molecule has 2 aromatic carbocycles. The highest BCUT2D eigenvalue weighted by molar-refractivity contribution is 6.03. The Morgan fingerprint density at radius 2 is 1.84 bits per heavy atom. The number of methoxy groups -OCH3 is 1. The number of benzene rings is 2. The number of nitrogens with zero attached hydrogens (tertiary/aromatic N) is 2. The van der Waals surface area contributed by atoms with Gasteiger partial charge in [-0.1, -0.05) is 12.1 Å². The number of hydrogen-bond donors (Lipinski definition) is 1. The molecule has 3 rings (SSSR count). The van der Waals surface area contributed by atoms with Crippen LogP contribution in [-0.4, -0.2) is 22.8 Å². The average molecular weight is 339 g/mol. The first-order valence-electron chi connectivity index (χ1n) is 7.78. The number of carbonyl (C=O) groups excluding carboxylic acids is 1. The second-order valence-corrected chi connectivity index (χ2v) is 5.63. The van der Waals surface area contributed by atoms with Crippen LogP contribution in [0, 0.1) is 5.82 Å². The molecule has 0 aliphatic rings. The van der Waals surface area contributed by atoms with Crippen LogP contribution in [0.5, 0.6) is 5.75 Å². The van der Waals surface area contributed by atoms with Crippen LogP contribution in [0.15, 0.2) is 54.6 Å². The van der Waals surface area contributed by atoms with Crippen molar-refractivity contribution in [1.29, 1.82) is 0 Å². The maximum atomic E-state index is 12.9. The van der Waals surface area contributed by atoms with Crippen LogP contribution in [0.2, 0.25) is 0 Å². The molecule has 0 saturated heterocycles. The summed E-state index contributed by atoms with van der Waals surface area (Å²) in [6.07, 6.45) is 0.613. The third-order valence-electron chi connectivity index (χ3n) is 3.81. The van der Waals surface area contributed by atoms with Crippen LogP contribution in [0.25, 0.3) is 0 Å². The minimum absolute atomic E-state index is 0.289. The SMILES string of the molecule is COc1ccc(Cc2cc(C(=O)Nc3ccc(F)cc3)n(C)n2)cc1. The van der Waals surface area contributed by atoms with Crippen molar-refractivity contribution in [3.8, 4) is 5.75 Å². The van der Waals surface area contributed by atoms with Gasteiger partial charge in [0.15, 0.2) is 0 Å². The first kappa shape index (κ1) is 16.7. The fraction of sp³-hybridized carbons (Fsp3) is 0.158. The molecule has 0 radical (unpaired) electrons. The number of carbonyl (C=O) groups is 1. The monoisotopic (exact) mass is 339 g/mol. The first-order valence-corrected chi connectivity index (χ1v) is 7.78. The van der Waals surface area contributed by atoms with E-state index in [1.54, 1.807) is 20.2 Å². The van der Waals surface area contributed by atoms with Gasteiger partial charge in [0.2, 0.25) is 0 Å². The quantitative estimate of drug-likeness (QED) is 0.775. The molecule has 1 N–H and O–H groups in total. The topological polar surface area (TPSA) is 56.1 Å². The smallest absolute Gasteiger partial charge is 0.273 e. The Hall–Kier alpha value is -3.15. The number of amides is 1. The van der Waals surface area contributed by atoms with E-state index in [2.05, 4.69) is 10.4 Å². The number of hydrogen-bond acceptors (Lipinski definition) is 3. The summed E-state index contributed by atoms with van der Waals surface area (Å²) in [5, 5.41) is 7.13.